The van der Waals surface area contributed by atoms with Gasteiger partial charge in [0.15, 0.2) is 0 Å². The lowest BCUT2D eigenvalue weighted by Gasteiger charge is -2.10. The van der Waals surface area contributed by atoms with Gasteiger partial charge in [-0.15, -0.1) is 0 Å². The number of halogens is 6. The first-order valence-corrected chi connectivity index (χ1v) is 5.58. The van der Waals surface area contributed by atoms with Gasteiger partial charge in [0.1, 0.15) is 0 Å². The third-order valence-electron chi connectivity index (χ3n) is 1.52. The molecule has 0 saturated carbocycles. The lowest BCUT2D eigenvalue weighted by molar-refractivity contribution is -0.167. The maximum absolute atomic E-state index is 12.0. The van der Waals surface area contributed by atoms with Crippen LogP contribution in [0.25, 0.3) is 0 Å². The smallest absolute Gasteiger partial charge is 0.317 e. The SMILES string of the molecule is O=C(Nc1cc(Cl)c(I)cc1Cl)C(F)(F)F. The van der Waals surface area contributed by atoms with Crippen molar-refractivity contribution in [3.05, 3.63) is 25.7 Å². The molecule has 0 fully saturated rings. The summed E-state index contributed by atoms with van der Waals surface area (Å²) in [6.07, 6.45) is -4.96. The van der Waals surface area contributed by atoms with Gasteiger partial charge in [-0.3, -0.25) is 4.79 Å². The van der Waals surface area contributed by atoms with Crippen molar-refractivity contribution in [3.63, 3.8) is 0 Å². The van der Waals surface area contributed by atoms with E-state index in [1.54, 1.807) is 5.32 Å². The molecule has 0 atom stereocenters. The minimum atomic E-state index is -4.96. The van der Waals surface area contributed by atoms with Crippen LogP contribution in [0.15, 0.2) is 12.1 Å². The molecular weight excluding hydrogens is 381 g/mol. The van der Waals surface area contributed by atoms with Crippen molar-refractivity contribution >= 4 is 57.4 Å². The summed E-state index contributed by atoms with van der Waals surface area (Å²) < 4.78 is 36.4. The molecule has 88 valence electrons. The third kappa shape index (κ3) is 3.39. The van der Waals surface area contributed by atoms with Crippen LogP contribution in [0.1, 0.15) is 0 Å². The minimum absolute atomic E-state index is 0.00796. The Morgan fingerprint density at radius 2 is 1.81 bits per heavy atom. The van der Waals surface area contributed by atoms with E-state index in [1.165, 1.54) is 6.07 Å². The Hall–Kier alpha value is -0.210. The summed E-state index contributed by atoms with van der Waals surface area (Å²) in [7, 11) is 0. The van der Waals surface area contributed by atoms with Gasteiger partial charge in [-0.2, -0.15) is 13.2 Å². The number of benzene rings is 1. The Kier molecular flexibility index (Phi) is 4.30. The van der Waals surface area contributed by atoms with E-state index in [1.807, 2.05) is 22.6 Å². The molecule has 0 aromatic heterocycles. The molecule has 0 bridgehead atoms. The van der Waals surface area contributed by atoms with Gasteiger partial charge in [-0.05, 0) is 34.7 Å². The van der Waals surface area contributed by atoms with E-state index in [-0.39, 0.29) is 15.7 Å². The molecule has 0 saturated heterocycles. The average Bonchev–Trinajstić information content (AvgIpc) is 2.12. The number of amides is 1. The van der Waals surface area contributed by atoms with Crippen molar-refractivity contribution in [3.8, 4) is 0 Å². The van der Waals surface area contributed by atoms with E-state index >= 15 is 0 Å². The van der Waals surface area contributed by atoms with Gasteiger partial charge in [0.25, 0.3) is 0 Å². The zero-order valence-electron chi connectivity index (χ0n) is 7.33. The maximum atomic E-state index is 12.0. The molecule has 8 heteroatoms. The highest BCUT2D eigenvalue weighted by molar-refractivity contribution is 14.1. The molecule has 0 unspecified atom stereocenters. The van der Waals surface area contributed by atoms with Crippen LogP contribution in [0.3, 0.4) is 0 Å². The molecule has 1 aromatic carbocycles. The number of anilines is 1. The van der Waals surface area contributed by atoms with E-state index in [4.69, 9.17) is 23.2 Å². The Morgan fingerprint density at radius 3 is 2.31 bits per heavy atom. The molecule has 0 radical (unpaired) electrons. The van der Waals surface area contributed by atoms with Crippen LogP contribution in [0.5, 0.6) is 0 Å². The number of nitrogens with one attached hydrogen (secondary N) is 1. The Balaban J connectivity index is 2.99. The van der Waals surface area contributed by atoms with Crippen molar-refractivity contribution in [2.45, 2.75) is 6.18 Å². The topological polar surface area (TPSA) is 29.1 Å². The molecule has 0 aliphatic heterocycles. The highest BCUT2D eigenvalue weighted by Gasteiger charge is 2.39. The third-order valence-corrected chi connectivity index (χ3v) is 3.35. The van der Waals surface area contributed by atoms with E-state index in [2.05, 4.69) is 0 Å². The molecule has 0 aliphatic carbocycles. The predicted molar refractivity (Wildman–Crippen MR) is 63.9 cm³/mol. The van der Waals surface area contributed by atoms with Gasteiger partial charge in [0.2, 0.25) is 0 Å². The van der Waals surface area contributed by atoms with Crippen LogP contribution in [-0.4, -0.2) is 12.1 Å². The number of alkyl halides is 3. The zero-order chi connectivity index (χ0) is 12.5. The van der Waals surface area contributed by atoms with E-state index in [0.29, 0.717) is 3.57 Å². The monoisotopic (exact) mass is 383 g/mol. The number of hydrogen-bond donors (Lipinski definition) is 1. The zero-order valence-corrected chi connectivity index (χ0v) is 11.0. The van der Waals surface area contributed by atoms with E-state index in [0.717, 1.165) is 6.07 Å². The van der Waals surface area contributed by atoms with Crippen molar-refractivity contribution in [1.82, 2.24) is 0 Å². The summed E-state index contributed by atoms with van der Waals surface area (Å²) in [4.78, 5) is 10.6. The highest BCUT2D eigenvalue weighted by Crippen LogP contribution is 2.31. The minimum Gasteiger partial charge on any atom is -0.317 e. The first kappa shape index (κ1) is 13.9. The number of rotatable bonds is 1. The summed E-state index contributed by atoms with van der Waals surface area (Å²) >= 11 is 13.2. The van der Waals surface area contributed by atoms with Crippen LogP contribution in [0.2, 0.25) is 10.0 Å². The number of hydrogen-bond acceptors (Lipinski definition) is 1. The Morgan fingerprint density at radius 1 is 1.25 bits per heavy atom. The maximum Gasteiger partial charge on any atom is 0.471 e. The molecule has 1 amide bonds. The van der Waals surface area contributed by atoms with Crippen LogP contribution in [-0.2, 0) is 4.79 Å². The first-order valence-electron chi connectivity index (χ1n) is 3.74. The summed E-state index contributed by atoms with van der Waals surface area (Å²) in [5.74, 6) is -2.09. The van der Waals surface area contributed by atoms with Crippen molar-refractivity contribution in [2.24, 2.45) is 0 Å². The van der Waals surface area contributed by atoms with E-state index < -0.39 is 12.1 Å². The molecular formula is C8H3Cl2F3INO. The predicted octanol–water partition coefficient (Wildman–Crippen LogP) is 4.10. The standard InChI is InChI=1S/C8H3Cl2F3INO/c9-3-2-6(4(10)1-5(3)14)15-7(16)8(11,12)13/h1-2H,(H,15,16). The molecule has 0 aliphatic rings. The fraction of sp³-hybridized carbons (Fsp3) is 0.125. The molecule has 1 aromatic rings. The average molecular weight is 384 g/mol. The lowest BCUT2D eigenvalue weighted by Crippen LogP contribution is -2.30. The quantitative estimate of drug-likeness (QED) is 0.574. The second-order valence-corrected chi connectivity index (χ2v) is 4.67. The Bertz CT molecular complexity index is 436. The van der Waals surface area contributed by atoms with Crippen LogP contribution in [0, 0.1) is 3.57 Å². The van der Waals surface area contributed by atoms with Crippen molar-refractivity contribution in [1.29, 1.82) is 0 Å². The molecule has 2 nitrogen and oxygen atoms in total. The Labute approximate surface area is 112 Å². The molecule has 1 N–H and O–H groups in total. The molecule has 1 rings (SSSR count). The van der Waals surface area contributed by atoms with Crippen LogP contribution >= 0.6 is 45.8 Å². The molecule has 16 heavy (non-hydrogen) atoms. The van der Waals surface area contributed by atoms with E-state index in [9.17, 15) is 18.0 Å². The van der Waals surface area contributed by atoms with Gasteiger partial charge in [-0.25, -0.2) is 0 Å². The highest BCUT2D eigenvalue weighted by atomic mass is 127. The number of carbonyl (C=O) groups excluding carboxylic acids is 1. The second kappa shape index (κ2) is 4.97. The number of carbonyl (C=O) groups is 1. The van der Waals surface area contributed by atoms with Gasteiger partial charge in [0.05, 0.1) is 15.7 Å². The normalized spacial score (nSPS) is 11.4. The largest absolute Gasteiger partial charge is 0.471 e. The van der Waals surface area contributed by atoms with Crippen molar-refractivity contribution < 1.29 is 18.0 Å². The fourth-order valence-corrected chi connectivity index (χ4v) is 1.84. The van der Waals surface area contributed by atoms with Gasteiger partial charge >= 0.3 is 12.1 Å². The van der Waals surface area contributed by atoms with Gasteiger partial charge in [-0.1, -0.05) is 23.2 Å². The fourth-order valence-electron chi connectivity index (χ4n) is 0.812. The second-order valence-electron chi connectivity index (χ2n) is 2.70. The van der Waals surface area contributed by atoms with Crippen LogP contribution < -0.4 is 5.32 Å². The summed E-state index contributed by atoms with van der Waals surface area (Å²) in [6, 6.07) is 2.52. The summed E-state index contributed by atoms with van der Waals surface area (Å²) in [6.45, 7) is 0. The molecule has 0 spiro atoms. The first-order chi connectivity index (χ1) is 7.21. The van der Waals surface area contributed by atoms with Crippen LogP contribution in [0.4, 0.5) is 18.9 Å². The summed E-state index contributed by atoms with van der Waals surface area (Å²) in [5, 5.41) is 1.84. The van der Waals surface area contributed by atoms with Gasteiger partial charge < -0.3 is 5.32 Å². The van der Waals surface area contributed by atoms with Gasteiger partial charge in [0, 0.05) is 3.57 Å². The summed E-state index contributed by atoms with van der Waals surface area (Å²) in [5.41, 5.74) is -0.172. The molecule has 0 heterocycles. The van der Waals surface area contributed by atoms with Crippen molar-refractivity contribution in [2.75, 3.05) is 5.32 Å². The lowest BCUT2D eigenvalue weighted by atomic mass is 10.3.